The summed E-state index contributed by atoms with van der Waals surface area (Å²) >= 11 is 0. The molecule has 0 spiro atoms. The predicted octanol–water partition coefficient (Wildman–Crippen LogP) is 9.38. The van der Waals surface area contributed by atoms with Crippen LogP contribution in [-0.2, 0) is 10.1 Å². The summed E-state index contributed by atoms with van der Waals surface area (Å²) in [5, 5.41) is 0. The highest BCUT2D eigenvalue weighted by atomic mass is 32.2. The van der Waals surface area contributed by atoms with Crippen molar-refractivity contribution in [2.45, 2.75) is 44.4 Å². The van der Waals surface area contributed by atoms with Gasteiger partial charge in [-0.05, 0) is 65.6 Å². The van der Waals surface area contributed by atoms with Crippen LogP contribution < -0.4 is 4.90 Å². The van der Waals surface area contributed by atoms with Crippen LogP contribution in [0.3, 0.4) is 0 Å². The molecule has 5 nitrogen and oxygen atoms in total. The number of unbranched alkanes of at least 4 members (excludes halogenated alkanes) is 2. The Kier molecular flexibility index (Phi) is 10.6. The molecule has 4 aromatic carbocycles. The van der Waals surface area contributed by atoms with E-state index in [0.717, 1.165) is 78.3 Å². The first kappa shape index (κ1) is 31.9. The van der Waals surface area contributed by atoms with Gasteiger partial charge in [-0.15, -0.1) is 0 Å². The molecule has 45 heavy (non-hydrogen) atoms. The van der Waals surface area contributed by atoms with E-state index in [1.165, 1.54) is 6.07 Å². The third-order valence-corrected chi connectivity index (χ3v) is 8.89. The number of benzene rings is 4. The van der Waals surface area contributed by atoms with Crippen LogP contribution in [0.2, 0.25) is 0 Å². The van der Waals surface area contributed by atoms with Gasteiger partial charge in [0.2, 0.25) is 11.4 Å². The zero-order valence-electron chi connectivity index (χ0n) is 26.0. The lowest BCUT2D eigenvalue weighted by atomic mass is 9.90. The first-order chi connectivity index (χ1) is 21.9. The smallest absolute Gasteiger partial charge is 0.295 e. The Labute approximate surface area is 267 Å². The molecule has 0 unspecified atom stereocenters. The summed E-state index contributed by atoms with van der Waals surface area (Å²) in [7, 11) is -4.47. The van der Waals surface area contributed by atoms with Gasteiger partial charge in [-0.3, -0.25) is 4.55 Å². The number of hydrogen-bond donors (Lipinski definition) is 1. The van der Waals surface area contributed by atoms with E-state index < -0.39 is 10.1 Å². The molecule has 1 N–H and O–H groups in total. The average Bonchev–Trinajstić information content (AvgIpc) is 3.07. The first-order valence-electron chi connectivity index (χ1n) is 15.7. The van der Waals surface area contributed by atoms with Gasteiger partial charge in [0.1, 0.15) is 11.4 Å². The summed E-state index contributed by atoms with van der Waals surface area (Å²) in [5.41, 5.74) is 7.28. The summed E-state index contributed by atoms with van der Waals surface area (Å²) in [6.45, 7) is 6.15. The zero-order valence-corrected chi connectivity index (χ0v) is 26.8. The molecule has 0 heterocycles. The van der Waals surface area contributed by atoms with Gasteiger partial charge < -0.3 is 4.90 Å². The van der Waals surface area contributed by atoms with E-state index in [0.29, 0.717) is 5.56 Å². The fourth-order valence-electron chi connectivity index (χ4n) is 5.65. The molecular formula is C39H41N2O3S+. The van der Waals surface area contributed by atoms with Crippen molar-refractivity contribution in [1.82, 2.24) is 0 Å². The maximum atomic E-state index is 12.6. The molecule has 1 aliphatic rings. The summed E-state index contributed by atoms with van der Waals surface area (Å²) in [6, 6.07) is 35.6. The van der Waals surface area contributed by atoms with Crippen molar-refractivity contribution < 1.29 is 17.5 Å². The van der Waals surface area contributed by atoms with Crippen molar-refractivity contribution in [3.63, 3.8) is 0 Å². The molecule has 4 aromatic rings. The number of rotatable bonds is 12. The van der Waals surface area contributed by atoms with Crippen LogP contribution in [0.15, 0.2) is 144 Å². The maximum Gasteiger partial charge on any atom is 0.295 e. The van der Waals surface area contributed by atoms with Crippen molar-refractivity contribution in [3.8, 4) is 0 Å². The third-order valence-electron chi connectivity index (χ3n) is 7.98. The lowest BCUT2D eigenvalue weighted by molar-refractivity contribution is -0.439. The van der Waals surface area contributed by atoms with Gasteiger partial charge in [-0.1, -0.05) is 93.4 Å². The van der Waals surface area contributed by atoms with Crippen LogP contribution >= 0.6 is 0 Å². The molecule has 0 aromatic heterocycles. The Hall–Kier alpha value is -4.52. The Morgan fingerprint density at radius 2 is 1.27 bits per heavy atom. The highest BCUT2D eigenvalue weighted by Crippen LogP contribution is 2.35. The van der Waals surface area contributed by atoms with Crippen molar-refractivity contribution in [3.05, 3.63) is 150 Å². The van der Waals surface area contributed by atoms with E-state index in [2.05, 4.69) is 71.9 Å². The fourth-order valence-corrected chi connectivity index (χ4v) is 6.35. The standard InChI is InChI=1S/C39H40N2O3S/c1-3-5-29-40(33-15-9-7-10-16-33)35-25-21-31(22-26-35)39(37-19-13-14-20-38(37)45(42,43)44)32-23-27-36(28-24-32)41(30-6-4-2)34-17-11-8-12-18-34/h7-28H,3-6,29-30H2,1-2H3/p+1. The van der Waals surface area contributed by atoms with E-state index in [1.54, 1.807) is 18.2 Å². The van der Waals surface area contributed by atoms with Gasteiger partial charge in [0, 0.05) is 54.2 Å². The minimum absolute atomic E-state index is 0.115. The molecule has 0 saturated heterocycles. The summed E-state index contributed by atoms with van der Waals surface area (Å²) < 4.78 is 37.6. The minimum atomic E-state index is -4.47. The van der Waals surface area contributed by atoms with Gasteiger partial charge in [-0.25, -0.2) is 0 Å². The van der Waals surface area contributed by atoms with E-state index in [1.807, 2.05) is 60.7 Å². The fraction of sp³-hybridized carbons (Fsp3) is 0.205. The Balaban J connectivity index is 1.63. The predicted molar refractivity (Wildman–Crippen MR) is 187 cm³/mol. The first-order valence-corrected chi connectivity index (χ1v) is 17.1. The Morgan fingerprint density at radius 3 is 1.89 bits per heavy atom. The quantitative estimate of drug-likeness (QED) is 0.127. The van der Waals surface area contributed by atoms with Gasteiger partial charge in [0.25, 0.3) is 10.1 Å². The summed E-state index contributed by atoms with van der Waals surface area (Å²) in [5.74, 6) is 0. The molecule has 5 rings (SSSR count). The van der Waals surface area contributed by atoms with Gasteiger partial charge in [0.15, 0.2) is 0 Å². The number of anilines is 2. The van der Waals surface area contributed by atoms with E-state index in [9.17, 15) is 13.0 Å². The molecule has 0 amide bonds. The van der Waals surface area contributed by atoms with E-state index in [4.69, 9.17) is 0 Å². The SMILES string of the molecule is CCCCN(c1ccccc1)c1ccc(C(=C2C=CC(=[N+](CCCC)c3ccccc3)C=C2)c2ccccc2S(=O)(=O)O)cc1. The highest BCUT2D eigenvalue weighted by molar-refractivity contribution is 7.86. The number of hydrogen-bond acceptors (Lipinski definition) is 3. The van der Waals surface area contributed by atoms with Crippen molar-refractivity contribution in [2.24, 2.45) is 0 Å². The monoisotopic (exact) mass is 617 g/mol. The molecule has 0 radical (unpaired) electrons. The van der Waals surface area contributed by atoms with Crippen LogP contribution in [0.5, 0.6) is 0 Å². The summed E-state index contributed by atoms with van der Waals surface area (Å²) in [6.07, 6.45) is 12.5. The average molecular weight is 618 g/mol. The van der Waals surface area contributed by atoms with Gasteiger partial charge in [0.05, 0.1) is 0 Å². The lowest BCUT2D eigenvalue weighted by Crippen LogP contribution is -2.18. The largest absolute Gasteiger partial charge is 0.341 e. The van der Waals surface area contributed by atoms with E-state index in [-0.39, 0.29) is 4.90 Å². The van der Waals surface area contributed by atoms with Crippen molar-refractivity contribution in [2.75, 3.05) is 18.0 Å². The zero-order chi connectivity index (χ0) is 31.6. The summed E-state index contributed by atoms with van der Waals surface area (Å²) in [4.78, 5) is 2.19. The molecule has 6 heteroatoms. The molecule has 0 saturated carbocycles. The Morgan fingerprint density at radius 1 is 0.689 bits per heavy atom. The molecule has 230 valence electrons. The molecule has 0 bridgehead atoms. The van der Waals surface area contributed by atoms with Crippen LogP contribution in [0.4, 0.5) is 17.1 Å². The highest BCUT2D eigenvalue weighted by Gasteiger charge is 2.23. The normalized spacial score (nSPS) is 12.8. The molecule has 0 atom stereocenters. The Bertz CT molecular complexity index is 1800. The second-order valence-corrected chi connectivity index (χ2v) is 12.5. The van der Waals surface area contributed by atoms with Crippen LogP contribution in [0.1, 0.15) is 50.7 Å². The molecule has 0 fully saturated rings. The molecular weight excluding hydrogens is 577 g/mol. The maximum absolute atomic E-state index is 12.6. The number of para-hydroxylation sites is 2. The molecule has 0 aliphatic heterocycles. The van der Waals surface area contributed by atoms with Gasteiger partial charge >= 0.3 is 0 Å². The van der Waals surface area contributed by atoms with Crippen LogP contribution in [0, 0.1) is 0 Å². The van der Waals surface area contributed by atoms with Crippen LogP contribution in [0.25, 0.3) is 5.57 Å². The number of nitrogens with zero attached hydrogens (tertiary/aromatic N) is 2. The van der Waals surface area contributed by atoms with Crippen molar-refractivity contribution >= 4 is 38.5 Å². The topological polar surface area (TPSA) is 60.6 Å². The second-order valence-electron chi connectivity index (χ2n) is 11.1. The third kappa shape index (κ3) is 7.77. The minimum Gasteiger partial charge on any atom is -0.341 e. The van der Waals surface area contributed by atoms with Gasteiger partial charge in [-0.2, -0.15) is 13.0 Å². The number of allylic oxidation sites excluding steroid dienone is 5. The van der Waals surface area contributed by atoms with Crippen molar-refractivity contribution in [1.29, 1.82) is 0 Å². The van der Waals surface area contributed by atoms with E-state index >= 15 is 0 Å². The van der Waals surface area contributed by atoms with Crippen LogP contribution in [-0.4, -0.2) is 36.3 Å². The lowest BCUT2D eigenvalue weighted by Gasteiger charge is -2.25. The second kappa shape index (κ2) is 15.0. The molecule has 1 aliphatic carbocycles.